The maximum atomic E-state index is 5.75. The van der Waals surface area contributed by atoms with E-state index in [1.54, 1.807) is 0 Å². The van der Waals surface area contributed by atoms with E-state index < -0.39 is 5.66 Å². The highest BCUT2D eigenvalue weighted by Crippen LogP contribution is 2.10. The van der Waals surface area contributed by atoms with Crippen LogP contribution in [0.15, 0.2) is 12.2 Å². The molecule has 2 heteroatoms. The topological polar surface area (TPSA) is 52.0 Å². The molecule has 0 bridgehead atoms. The van der Waals surface area contributed by atoms with E-state index in [1.165, 1.54) is 70.6 Å². The van der Waals surface area contributed by atoms with Crippen LogP contribution in [0.4, 0.5) is 0 Å². The van der Waals surface area contributed by atoms with Gasteiger partial charge in [0.2, 0.25) is 0 Å². The number of hydrogen-bond donors (Lipinski definition) is 2. The van der Waals surface area contributed by atoms with Gasteiger partial charge < -0.3 is 11.5 Å². The standard InChI is InChI=1S/C18H38N2/c1-3-4-5-6-7-8-9-10-11-12-13-14-15-16-17-18(2,19)20/h10-11H,3-9,12-17,19-20H2,1-2H3/b11-10+. The van der Waals surface area contributed by atoms with Gasteiger partial charge in [-0.3, -0.25) is 0 Å². The van der Waals surface area contributed by atoms with Gasteiger partial charge in [0, 0.05) is 0 Å². The molecule has 4 N–H and O–H groups in total. The third-order valence-electron chi connectivity index (χ3n) is 3.73. The second-order valence-electron chi connectivity index (χ2n) is 6.49. The molecule has 0 aliphatic rings. The Morgan fingerprint density at radius 1 is 0.700 bits per heavy atom. The highest BCUT2D eigenvalue weighted by atomic mass is 14.9. The van der Waals surface area contributed by atoms with Gasteiger partial charge in [-0.15, -0.1) is 0 Å². The van der Waals surface area contributed by atoms with Gasteiger partial charge in [-0.2, -0.15) is 0 Å². The fourth-order valence-corrected chi connectivity index (χ4v) is 2.40. The van der Waals surface area contributed by atoms with Gasteiger partial charge in [-0.05, 0) is 39.0 Å². The van der Waals surface area contributed by atoms with Gasteiger partial charge in [0.05, 0.1) is 5.66 Å². The van der Waals surface area contributed by atoms with Crippen LogP contribution in [0.5, 0.6) is 0 Å². The second kappa shape index (κ2) is 13.6. The van der Waals surface area contributed by atoms with E-state index in [2.05, 4.69) is 19.1 Å². The normalized spacial score (nSPS) is 12.4. The minimum absolute atomic E-state index is 0.475. The smallest absolute Gasteiger partial charge is 0.0607 e. The number of hydrogen-bond acceptors (Lipinski definition) is 2. The van der Waals surface area contributed by atoms with Crippen LogP contribution in [0.1, 0.15) is 97.3 Å². The fourth-order valence-electron chi connectivity index (χ4n) is 2.40. The maximum Gasteiger partial charge on any atom is 0.0607 e. The van der Waals surface area contributed by atoms with Crippen molar-refractivity contribution >= 4 is 0 Å². The van der Waals surface area contributed by atoms with Crippen molar-refractivity contribution in [2.75, 3.05) is 0 Å². The summed E-state index contributed by atoms with van der Waals surface area (Å²) in [5.41, 5.74) is 11.0. The van der Waals surface area contributed by atoms with Gasteiger partial charge in [0.1, 0.15) is 0 Å². The Bertz CT molecular complexity index is 216. The van der Waals surface area contributed by atoms with Crippen molar-refractivity contribution in [3.63, 3.8) is 0 Å². The molecule has 0 saturated heterocycles. The second-order valence-corrected chi connectivity index (χ2v) is 6.49. The molecule has 0 unspecified atom stereocenters. The van der Waals surface area contributed by atoms with E-state index in [9.17, 15) is 0 Å². The Balaban J connectivity index is 3.13. The molecule has 0 aromatic rings. The molecule has 0 saturated carbocycles. The van der Waals surface area contributed by atoms with Crippen molar-refractivity contribution in [2.24, 2.45) is 11.5 Å². The fraction of sp³-hybridized carbons (Fsp3) is 0.889. The molecular formula is C18H38N2. The average Bonchev–Trinajstić information content (AvgIpc) is 2.38. The largest absolute Gasteiger partial charge is 0.314 e. The van der Waals surface area contributed by atoms with E-state index in [-0.39, 0.29) is 0 Å². The summed E-state index contributed by atoms with van der Waals surface area (Å²) in [5, 5.41) is 0. The summed E-state index contributed by atoms with van der Waals surface area (Å²) < 4.78 is 0. The molecule has 0 aliphatic carbocycles. The minimum Gasteiger partial charge on any atom is -0.314 e. The highest BCUT2D eigenvalue weighted by Gasteiger charge is 2.09. The van der Waals surface area contributed by atoms with Crippen molar-refractivity contribution < 1.29 is 0 Å². The van der Waals surface area contributed by atoms with Crippen LogP contribution in [0, 0.1) is 0 Å². The third-order valence-corrected chi connectivity index (χ3v) is 3.73. The molecule has 0 amide bonds. The van der Waals surface area contributed by atoms with Crippen LogP contribution in [-0.2, 0) is 0 Å². The predicted molar refractivity (Wildman–Crippen MR) is 91.6 cm³/mol. The Morgan fingerprint density at radius 2 is 1.15 bits per heavy atom. The molecule has 0 atom stereocenters. The van der Waals surface area contributed by atoms with Crippen molar-refractivity contribution in [3.05, 3.63) is 12.2 Å². The molecule has 0 aromatic carbocycles. The maximum absolute atomic E-state index is 5.75. The lowest BCUT2D eigenvalue weighted by atomic mass is 10.0. The Labute approximate surface area is 127 Å². The molecule has 20 heavy (non-hydrogen) atoms. The van der Waals surface area contributed by atoms with Crippen LogP contribution in [0.25, 0.3) is 0 Å². The SMILES string of the molecule is CCCCCCCC/C=C/CCCCCCC(C)(N)N. The number of unbranched alkanes of at least 4 members (excludes halogenated alkanes) is 10. The molecular weight excluding hydrogens is 244 g/mol. The van der Waals surface area contributed by atoms with Crippen molar-refractivity contribution in [2.45, 2.75) is 103 Å². The molecule has 0 fully saturated rings. The number of rotatable bonds is 14. The Kier molecular flexibility index (Phi) is 13.4. The summed E-state index contributed by atoms with van der Waals surface area (Å²) in [4.78, 5) is 0. The summed E-state index contributed by atoms with van der Waals surface area (Å²) >= 11 is 0. The zero-order valence-corrected chi connectivity index (χ0v) is 14.0. The van der Waals surface area contributed by atoms with Crippen LogP contribution in [0.2, 0.25) is 0 Å². The van der Waals surface area contributed by atoms with Crippen LogP contribution in [0.3, 0.4) is 0 Å². The van der Waals surface area contributed by atoms with E-state index in [4.69, 9.17) is 11.5 Å². The van der Waals surface area contributed by atoms with Gasteiger partial charge in [-0.1, -0.05) is 70.4 Å². The van der Waals surface area contributed by atoms with E-state index >= 15 is 0 Å². The first kappa shape index (κ1) is 19.7. The molecule has 120 valence electrons. The van der Waals surface area contributed by atoms with Crippen molar-refractivity contribution in [1.82, 2.24) is 0 Å². The molecule has 0 spiro atoms. The lowest BCUT2D eigenvalue weighted by Gasteiger charge is -2.17. The summed E-state index contributed by atoms with van der Waals surface area (Å²) in [5.74, 6) is 0. The lowest BCUT2D eigenvalue weighted by Crippen LogP contribution is -2.45. The summed E-state index contributed by atoms with van der Waals surface area (Å²) in [6, 6.07) is 0. The zero-order chi connectivity index (χ0) is 15.1. The predicted octanol–water partition coefficient (Wildman–Crippen LogP) is 5.27. The molecule has 0 rings (SSSR count). The summed E-state index contributed by atoms with van der Waals surface area (Å²) in [6.07, 6.45) is 21.6. The zero-order valence-electron chi connectivity index (χ0n) is 14.0. The van der Waals surface area contributed by atoms with Crippen molar-refractivity contribution in [1.29, 1.82) is 0 Å². The summed E-state index contributed by atoms with van der Waals surface area (Å²) in [6.45, 7) is 4.17. The van der Waals surface area contributed by atoms with Crippen molar-refractivity contribution in [3.8, 4) is 0 Å². The Hall–Kier alpha value is -0.340. The van der Waals surface area contributed by atoms with Crippen LogP contribution < -0.4 is 11.5 Å². The molecule has 0 radical (unpaired) electrons. The van der Waals surface area contributed by atoms with Gasteiger partial charge in [0.25, 0.3) is 0 Å². The van der Waals surface area contributed by atoms with Crippen LogP contribution >= 0.6 is 0 Å². The number of nitrogens with two attached hydrogens (primary N) is 2. The quantitative estimate of drug-likeness (QED) is 0.259. The molecule has 0 aromatic heterocycles. The van der Waals surface area contributed by atoms with E-state index in [0.29, 0.717) is 0 Å². The average molecular weight is 283 g/mol. The first-order valence-corrected chi connectivity index (χ1v) is 8.79. The summed E-state index contributed by atoms with van der Waals surface area (Å²) in [7, 11) is 0. The minimum atomic E-state index is -0.475. The lowest BCUT2D eigenvalue weighted by molar-refractivity contribution is 0.422. The van der Waals surface area contributed by atoms with Gasteiger partial charge >= 0.3 is 0 Å². The molecule has 0 aliphatic heterocycles. The third kappa shape index (κ3) is 17.7. The van der Waals surface area contributed by atoms with E-state index in [0.717, 1.165) is 12.8 Å². The highest BCUT2D eigenvalue weighted by molar-refractivity contribution is 4.81. The van der Waals surface area contributed by atoms with Crippen LogP contribution in [-0.4, -0.2) is 5.66 Å². The Morgan fingerprint density at radius 3 is 1.65 bits per heavy atom. The molecule has 0 heterocycles. The first-order valence-electron chi connectivity index (χ1n) is 8.79. The van der Waals surface area contributed by atoms with E-state index in [1.807, 2.05) is 6.92 Å². The van der Waals surface area contributed by atoms with Gasteiger partial charge in [-0.25, -0.2) is 0 Å². The number of allylic oxidation sites excluding steroid dienone is 2. The monoisotopic (exact) mass is 282 g/mol. The molecule has 2 nitrogen and oxygen atoms in total. The first-order chi connectivity index (χ1) is 9.56. The van der Waals surface area contributed by atoms with Gasteiger partial charge in [0.15, 0.2) is 0 Å².